The lowest BCUT2D eigenvalue weighted by Crippen LogP contribution is -2.54. The van der Waals surface area contributed by atoms with Gasteiger partial charge in [-0.05, 0) is 57.5 Å². The molecule has 0 N–H and O–H groups in total. The van der Waals surface area contributed by atoms with Crippen LogP contribution in [0, 0.1) is 0 Å². The Morgan fingerprint density at radius 3 is 1.67 bits per heavy atom. The van der Waals surface area contributed by atoms with Crippen LogP contribution in [0.2, 0.25) is 5.02 Å². The fourth-order valence-electron chi connectivity index (χ4n) is 7.80. The molecule has 0 unspecified atom stereocenters. The molecule has 2 aliphatic heterocycles. The minimum atomic E-state index is -0.456. The molecule has 58 heavy (non-hydrogen) atoms. The molecule has 6 aromatic rings. The first kappa shape index (κ1) is 40.2. The van der Waals surface area contributed by atoms with Gasteiger partial charge in [0.05, 0.1) is 62.3 Å². The Bertz CT molecular complexity index is 2170. The number of hydrogen-bond acceptors (Lipinski definition) is 7. The first-order valence-electron chi connectivity index (χ1n) is 20.0. The summed E-state index contributed by atoms with van der Waals surface area (Å²) in [6, 6.07) is 51.8. The first-order chi connectivity index (χ1) is 28.6. The Hall–Kier alpha value is -4.60. The van der Waals surface area contributed by atoms with Crippen LogP contribution in [0.5, 0.6) is 11.5 Å². The van der Waals surface area contributed by atoms with Gasteiger partial charge in [-0.25, -0.2) is 0 Å². The maximum absolute atomic E-state index is 7.22. The zero-order valence-corrected chi connectivity index (χ0v) is 34.3. The summed E-state index contributed by atoms with van der Waals surface area (Å²) in [6.07, 6.45) is 0.174. The van der Waals surface area contributed by atoms with Gasteiger partial charge in [0, 0.05) is 12.0 Å². The highest BCUT2D eigenvalue weighted by Crippen LogP contribution is 2.52. The molecule has 1 fully saturated rings. The zero-order valence-electron chi connectivity index (χ0n) is 32.7. The van der Waals surface area contributed by atoms with Crippen molar-refractivity contribution in [3.8, 4) is 11.5 Å². The monoisotopic (exact) mass is 812 g/mol. The van der Waals surface area contributed by atoms with Crippen LogP contribution in [0.1, 0.15) is 49.8 Å². The van der Waals surface area contributed by atoms with Gasteiger partial charge >= 0.3 is 0 Å². The van der Waals surface area contributed by atoms with Crippen molar-refractivity contribution in [3.63, 3.8) is 0 Å². The van der Waals surface area contributed by atoms with E-state index < -0.39 is 12.2 Å². The Kier molecular flexibility index (Phi) is 13.8. The van der Waals surface area contributed by atoms with Gasteiger partial charge < -0.3 is 28.4 Å². The number of ether oxygens (including phenoxy) is 6. The summed E-state index contributed by atoms with van der Waals surface area (Å²) < 4.78 is 39.7. The normalized spacial score (nSPS) is 20.0. The quantitative estimate of drug-likeness (QED) is 0.0909. The molecular formula is C50H49ClO6S. The molecular weight excluding hydrogens is 764 g/mol. The third kappa shape index (κ3) is 9.98. The van der Waals surface area contributed by atoms with Crippen LogP contribution in [-0.2, 0) is 58.2 Å². The van der Waals surface area contributed by atoms with E-state index in [4.69, 9.17) is 40.0 Å². The van der Waals surface area contributed by atoms with Crippen molar-refractivity contribution in [2.24, 2.45) is 0 Å². The summed E-state index contributed by atoms with van der Waals surface area (Å²) in [5, 5.41) is 0.403. The molecule has 0 bridgehead atoms. The van der Waals surface area contributed by atoms with Gasteiger partial charge in [0.2, 0.25) is 0 Å². The molecule has 0 spiro atoms. The van der Waals surface area contributed by atoms with Gasteiger partial charge in [0.1, 0.15) is 29.8 Å². The van der Waals surface area contributed by atoms with Gasteiger partial charge in [-0.1, -0.05) is 151 Å². The maximum atomic E-state index is 7.22. The second-order valence-electron chi connectivity index (χ2n) is 14.7. The lowest BCUT2D eigenvalue weighted by atomic mass is 9.90. The van der Waals surface area contributed by atoms with Crippen molar-refractivity contribution in [2.45, 2.75) is 68.1 Å². The maximum Gasteiger partial charge on any atom is 0.141 e. The average Bonchev–Trinajstić information content (AvgIpc) is 3.78. The van der Waals surface area contributed by atoms with Crippen molar-refractivity contribution >= 4 is 23.4 Å². The molecule has 2 heterocycles. The van der Waals surface area contributed by atoms with Crippen molar-refractivity contribution in [2.75, 3.05) is 20.3 Å². The lowest BCUT2D eigenvalue weighted by molar-refractivity contribution is -0.160. The predicted molar refractivity (Wildman–Crippen MR) is 232 cm³/mol. The van der Waals surface area contributed by atoms with E-state index in [-0.39, 0.29) is 16.6 Å². The van der Waals surface area contributed by atoms with Gasteiger partial charge in [-0.3, -0.25) is 0 Å². The molecule has 6 aromatic carbocycles. The highest BCUT2D eigenvalue weighted by Gasteiger charge is 2.49. The van der Waals surface area contributed by atoms with Crippen LogP contribution in [0.15, 0.2) is 152 Å². The number of hydrogen-bond donors (Lipinski definition) is 0. The average molecular weight is 813 g/mol. The number of rotatable bonds is 17. The number of fused-ring (bicyclic) bond motifs is 1. The van der Waals surface area contributed by atoms with Gasteiger partial charge in [0.25, 0.3) is 0 Å². The fourth-order valence-corrected chi connectivity index (χ4v) is 9.77. The molecule has 6 nitrogen and oxygen atoms in total. The smallest absolute Gasteiger partial charge is 0.141 e. The standard InChI is InChI=1S/C50H49ClO6S/c1-52-41-24-22-35(23-25-41)28-40-29-43(42-26-27-54-46(42)45(40)51)50-49(57-33-39-20-12-5-13-21-39)48(56-32-38-18-10-4-11-19-38)47(55-31-37-16-8-3-9-17-37)44(58-50)34-53-30-36-14-6-2-7-15-36/h2-25,29,44,47-50H,26-28,30-34H2,1H3/t44-,47-,48+,49-,50+/m1/s1. The van der Waals surface area contributed by atoms with E-state index in [0.29, 0.717) is 51.1 Å². The number of halogens is 1. The highest BCUT2D eigenvalue weighted by atomic mass is 35.5. The summed E-state index contributed by atoms with van der Waals surface area (Å²) in [5.74, 6) is 1.59. The summed E-state index contributed by atoms with van der Waals surface area (Å²) in [4.78, 5) is 0. The fraction of sp³-hybridized carbons (Fsp3) is 0.280. The SMILES string of the molecule is COc1ccc(Cc2cc([C@@H]3S[C@H](COCc4ccccc4)[C@@H](OCc4ccccc4)[C@H](OCc4ccccc4)[C@H]3OCc3ccccc3)c3c(c2Cl)OCC3)cc1. The Labute approximate surface area is 351 Å². The molecule has 1 saturated heterocycles. The molecule has 0 aliphatic carbocycles. The molecule has 0 aromatic heterocycles. The number of thioether (sulfide) groups is 1. The third-order valence-electron chi connectivity index (χ3n) is 10.8. The van der Waals surface area contributed by atoms with Crippen molar-refractivity contribution < 1.29 is 28.4 Å². The summed E-state index contributed by atoms with van der Waals surface area (Å²) in [5.41, 5.74) is 8.82. The highest BCUT2D eigenvalue weighted by molar-refractivity contribution is 8.00. The predicted octanol–water partition coefficient (Wildman–Crippen LogP) is 11.0. The Morgan fingerprint density at radius 2 is 1.12 bits per heavy atom. The third-order valence-corrected chi connectivity index (χ3v) is 12.8. The Morgan fingerprint density at radius 1 is 0.603 bits per heavy atom. The second-order valence-corrected chi connectivity index (χ2v) is 16.5. The van der Waals surface area contributed by atoms with E-state index in [1.165, 1.54) is 0 Å². The molecule has 8 rings (SSSR count). The molecule has 0 amide bonds. The van der Waals surface area contributed by atoms with Gasteiger partial charge in [0.15, 0.2) is 0 Å². The van der Waals surface area contributed by atoms with Crippen molar-refractivity contribution in [3.05, 3.63) is 201 Å². The molecule has 298 valence electrons. The minimum Gasteiger partial charge on any atom is -0.497 e. The van der Waals surface area contributed by atoms with E-state index in [0.717, 1.165) is 62.4 Å². The molecule has 8 heteroatoms. The van der Waals surface area contributed by atoms with E-state index in [1.54, 1.807) is 7.11 Å². The molecule has 0 saturated carbocycles. The molecule has 2 aliphatic rings. The van der Waals surface area contributed by atoms with Crippen molar-refractivity contribution in [1.29, 1.82) is 0 Å². The molecule has 0 radical (unpaired) electrons. The van der Waals surface area contributed by atoms with Gasteiger partial charge in [-0.2, -0.15) is 0 Å². The first-order valence-corrected chi connectivity index (χ1v) is 21.3. The van der Waals surface area contributed by atoms with Crippen LogP contribution in [0.3, 0.4) is 0 Å². The largest absolute Gasteiger partial charge is 0.497 e. The summed E-state index contributed by atoms with van der Waals surface area (Å²) >= 11 is 9.08. The minimum absolute atomic E-state index is 0.103. The lowest BCUT2D eigenvalue weighted by Gasteiger charge is -2.46. The Balaban J connectivity index is 1.21. The summed E-state index contributed by atoms with van der Waals surface area (Å²) in [7, 11) is 1.68. The molecule has 5 atom stereocenters. The van der Waals surface area contributed by atoms with Crippen LogP contribution in [0.4, 0.5) is 0 Å². The van der Waals surface area contributed by atoms with Crippen molar-refractivity contribution in [1.82, 2.24) is 0 Å². The van der Waals surface area contributed by atoms with Crippen LogP contribution in [-0.4, -0.2) is 43.9 Å². The second kappa shape index (κ2) is 19.9. The van der Waals surface area contributed by atoms with E-state index >= 15 is 0 Å². The van der Waals surface area contributed by atoms with E-state index in [2.05, 4.69) is 78.9 Å². The number of benzene rings is 6. The summed E-state index contributed by atoms with van der Waals surface area (Å²) in [6.45, 7) is 2.77. The zero-order chi connectivity index (χ0) is 39.5. The van der Waals surface area contributed by atoms with Crippen LogP contribution < -0.4 is 9.47 Å². The van der Waals surface area contributed by atoms with E-state index in [9.17, 15) is 0 Å². The number of methoxy groups -OCH3 is 1. The topological polar surface area (TPSA) is 55.4 Å². The van der Waals surface area contributed by atoms with E-state index in [1.807, 2.05) is 84.6 Å². The van der Waals surface area contributed by atoms with Crippen LogP contribution in [0.25, 0.3) is 0 Å². The van der Waals surface area contributed by atoms with Gasteiger partial charge in [-0.15, -0.1) is 11.8 Å². The van der Waals surface area contributed by atoms with Crippen LogP contribution >= 0.6 is 23.4 Å².